The van der Waals surface area contributed by atoms with Crippen LogP contribution in [-0.2, 0) is 0 Å². The van der Waals surface area contributed by atoms with E-state index in [1.807, 2.05) is 0 Å². The highest BCUT2D eigenvalue weighted by Crippen LogP contribution is 2.20. The molecule has 0 saturated heterocycles. The third-order valence-corrected chi connectivity index (χ3v) is 0.643. The lowest BCUT2D eigenvalue weighted by atomic mass is 10.7. The molecular formula is C4F8N2. The molecule has 0 rings (SSSR count). The fourth-order valence-corrected chi connectivity index (χ4v) is 0.274. The molecule has 0 bridgehead atoms. The summed E-state index contributed by atoms with van der Waals surface area (Å²) in [4.78, 5) is 2.41. The van der Waals surface area contributed by atoms with Crippen LogP contribution in [0, 0.1) is 0 Å². The van der Waals surface area contributed by atoms with Crippen LogP contribution in [0.15, 0.2) is 9.98 Å². The van der Waals surface area contributed by atoms with Gasteiger partial charge in [0.05, 0.1) is 0 Å². The normalized spacial score (nSPS) is 16.0. The lowest BCUT2D eigenvalue weighted by Gasteiger charge is -2.00. The van der Waals surface area contributed by atoms with Gasteiger partial charge in [0.25, 0.3) is 5.97 Å². The van der Waals surface area contributed by atoms with Crippen molar-refractivity contribution in [3.8, 4) is 0 Å². The molecule has 0 radical (unpaired) electrons. The molecule has 0 spiro atoms. The fraction of sp³-hybridized carbons (Fsp3) is 0.500. The lowest BCUT2D eigenvalue weighted by Crippen LogP contribution is -2.19. The van der Waals surface area contributed by atoms with Gasteiger partial charge in [-0.3, -0.25) is 0 Å². The topological polar surface area (TPSA) is 24.7 Å². The van der Waals surface area contributed by atoms with Gasteiger partial charge in [-0.25, -0.2) is 0 Å². The van der Waals surface area contributed by atoms with Crippen LogP contribution in [0.1, 0.15) is 0 Å². The Labute approximate surface area is 70.9 Å². The van der Waals surface area contributed by atoms with Crippen LogP contribution in [0.25, 0.3) is 0 Å². The Morgan fingerprint density at radius 2 is 1.29 bits per heavy atom. The quantitative estimate of drug-likeness (QED) is 0.263. The number of alkyl halides is 6. The number of halogens is 8. The Morgan fingerprint density at radius 1 is 0.857 bits per heavy atom. The molecule has 82 valence electrons. The monoisotopic (exact) mass is 228 g/mol. The van der Waals surface area contributed by atoms with Crippen molar-refractivity contribution in [1.82, 2.24) is 0 Å². The highest BCUT2D eigenvalue weighted by Gasteiger charge is 2.38. The maximum absolute atomic E-state index is 11.8. The number of hydrogen-bond acceptors (Lipinski definition) is 1. The van der Waals surface area contributed by atoms with E-state index in [2.05, 4.69) is 0 Å². The number of nitrogens with zero attached hydrogens (tertiary/aromatic N) is 2. The van der Waals surface area contributed by atoms with Crippen LogP contribution in [-0.4, -0.2) is 24.5 Å². The van der Waals surface area contributed by atoms with Gasteiger partial charge in [-0.1, -0.05) is 0 Å². The highest BCUT2D eigenvalue weighted by molar-refractivity contribution is 5.92. The van der Waals surface area contributed by atoms with Crippen LogP contribution >= 0.6 is 0 Å². The molecule has 0 atom stereocenters. The van der Waals surface area contributed by atoms with Gasteiger partial charge in [0, 0.05) is 0 Å². The molecule has 0 aromatic rings. The molecule has 0 aliphatic heterocycles. The summed E-state index contributed by atoms with van der Waals surface area (Å²) in [7, 11) is 0. The van der Waals surface area contributed by atoms with E-state index >= 15 is 0 Å². The summed E-state index contributed by atoms with van der Waals surface area (Å²) < 4.78 is 90.6. The maximum atomic E-state index is 11.8. The largest absolute Gasteiger partial charge is 0.507 e. The molecule has 2 nitrogen and oxygen atoms in total. The molecule has 0 amide bonds. The van der Waals surface area contributed by atoms with Gasteiger partial charge < -0.3 is 0 Å². The third-order valence-electron chi connectivity index (χ3n) is 0.643. The van der Waals surface area contributed by atoms with Gasteiger partial charge in [0.2, 0.25) is 0 Å². The van der Waals surface area contributed by atoms with Crippen LogP contribution in [0.4, 0.5) is 35.1 Å². The average molecular weight is 228 g/mol. The molecule has 10 heteroatoms. The highest BCUT2D eigenvalue weighted by atomic mass is 19.4. The van der Waals surface area contributed by atoms with Crippen LogP contribution in [0.5, 0.6) is 0 Å². The molecule has 0 aromatic heterocycles. The Kier molecular flexibility index (Phi) is 3.54. The SMILES string of the molecule is FC(=NC(F)(F)F)N=C(F)C(F)(F)F. The van der Waals surface area contributed by atoms with Crippen molar-refractivity contribution in [3.05, 3.63) is 0 Å². The molecule has 0 aliphatic carbocycles. The summed E-state index contributed by atoms with van der Waals surface area (Å²) in [5.41, 5.74) is 0. The standard InChI is InChI=1S/C4F8N2/c5-1(3(7,8)9)13-2(6)14-4(10,11)12. The van der Waals surface area contributed by atoms with Gasteiger partial charge >= 0.3 is 18.6 Å². The van der Waals surface area contributed by atoms with Crippen molar-refractivity contribution in [2.45, 2.75) is 12.5 Å². The van der Waals surface area contributed by atoms with Crippen molar-refractivity contribution in [2.75, 3.05) is 0 Å². The van der Waals surface area contributed by atoms with Crippen molar-refractivity contribution in [2.24, 2.45) is 9.98 Å². The first-order valence-electron chi connectivity index (χ1n) is 2.66. The molecule has 0 saturated carbocycles. The minimum Gasteiger partial charge on any atom is -0.179 e. The second-order valence-corrected chi connectivity index (χ2v) is 1.75. The Balaban J connectivity index is 4.77. The molecule has 0 fully saturated rings. The first-order chi connectivity index (χ1) is 6.02. The minimum atomic E-state index is -5.64. The molecule has 0 unspecified atom stereocenters. The molecule has 0 aliphatic rings. The summed E-state index contributed by atoms with van der Waals surface area (Å²) >= 11 is 0. The van der Waals surface area contributed by atoms with E-state index in [9.17, 15) is 35.1 Å². The van der Waals surface area contributed by atoms with Gasteiger partial charge in [-0.15, -0.1) is 18.2 Å². The minimum absolute atomic E-state index is 1.09. The summed E-state index contributed by atoms with van der Waals surface area (Å²) in [5, 5.41) is 0. The lowest BCUT2D eigenvalue weighted by molar-refractivity contribution is -0.120. The van der Waals surface area contributed by atoms with Crippen LogP contribution in [0.3, 0.4) is 0 Å². The van der Waals surface area contributed by atoms with Crippen molar-refractivity contribution in [1.29, 1.82) is 0 Å². The van der Waals surface area contributed by atoms with E-state index in [0.29, 0.717) is 0 Å². The van der Waals surface area contributed by atoms with E-state index in [-0.39, 0.29) is 0 Å². The number of aliphatic imine (C=N–C) groups is 2. The number of hydrogen-bond donors (Lipinski definition) is 0. The summed E-state index contributed by atoms with van der Waals surface area (Å²) in [5.74, 6) is -3.25. The Morgan fingerprint density at radius 3 is 1.57 bits per heavy atom. The van der Waals surface area contributed by atoms with Crippen molar-refractivity contribution >= 4 is 12.1 Å². The zero-order valence-electron chi connectivity index (χ0n) is 5.92. The maximum Gasteiger partial charge on any atom is 0.507 e. The van der Waals surface area contributed by atoms with Crippen molar-refractivity contribution in [3.63, 3.8) is 0 Å². The summed E-state index contributed by atoms with van der Waals surface area (Å²) in [6.07, 6.45) is -13.9. The third kappa shape index (κ3) is 5.43. The van der Waals surface area contributed by atoms with Crippen LogP contribution in [0.2, 0.25) is 0 Å². The zero-order chi connectivity index (χ0) is 11.6. The Hall–Kier alpha value is -1.22. The summed E-state index contributed by atoms with van der Waals surface area (Å²) in [6, 6.07) is 0. The van der Waals surface area contributed by atoms with E-state index in [0.717, 1.165) is 4.99 Å². The van der Waals surface area contributed by atoms with E-state index < -0.39 is 24.5 Å². The number of rotatable bonds is 0. The fourth-order valence-electron chi connectivity index (χ4n) is 0.274. The van der Waals surface area contributed by atoms with Crippen molar-refractivity contribution < 1.29 is 35.1 Å². The van der Waals surface area contributed by atoms with E-state index in [1.54, 1.807) is 0 Å². The predicted molar refractivity (Wildman–Crippen MR) is 29.2 cm³/mol. The zero-order valence-corrected chi connectivity index (χ0v) is 5.92. The molecular weight excluding hydrogens is 228 g/mol. The molecule has 0 aromatic carbocycles. The smallest absolute Gasteiger partial charge is 0.179 e. The molecule has 14 heavy (non-hydrogen) atoms. The Bertz CT molecular complexity index is 257. The second-order valence-electron chi connectivity index (χ2n) is 1.75. The van der Waals surface area contributed by atoms with E-state index in [1.165, 1.54) is 4.99 Å². The molecule has 0 heterocycles. The van der Waals surface area contributed by atoms with Gasteiger partial charge in [-0.05, 0) is 0 Å². The molecule has 0 N–H and O–H groups in total. The average Bonchev–Trinajstić information content (AvgIpc) is 1.79. The summed E-state index contributed by atoms with van der Waals surface area (Å²) in [6.45, 7) is 0. The van der Waals surface area contributed by atoms with E-state index in [4.69, 9.17) is 0 Å². The van der Waals surface area contributed by atoms with Gasteiger partial charge in [0.15, 0.2) is 0 Å². The first kappa shape index (κ1) is 12.8. The second kappa shape index (κ2) is 3.88. The van der Waals surface area contributed by atoms with Crippen LogP contribution < -0.4 is 0 Å². The van der Waals surface area contributed by atoms with Gasteiger partial charge in [-0.2, -0.15) is 26.9 Å². The van der Waals surface area contributed by atoms with Gasteiger partial charge in [0.1, 0.15) is 0 Å². The number of amidine groups is 1. The first-order valence-corrected chi connectivity index (χ1v) is 2.66. The predicted octanol–water partition coefficient (Wildman–Crippen LogP) is 2.76.